The van der Waals surface area contributed by atoms with Gasteiger partial charge in [-0.15, -0.1) is 0 Å². The molecule has 1 unspecified atom stereocenters. The maximum absolute atomic E-state index is 13.6. The molecule has 3 aromatic carbocycles. The Hall–Kier alpha value is -3.60. The highest BCUT2D eigenvalue weighted by molar-refractivity contribution is 5.96. The van der Waals surface area contributed by atoms with Crippen molar-refractivity contribution in [3.05, 3.63) is 100 Å². The highest BCUT2D eigenvalue weighted by Gasteiger charge is 2.21. The molecule has 0 saturated heterocycles. The van der Waals surface area contributed by atoms with Crippen LogP contribution in [0.1, 0.15) is 70.9 Å². The van der Waals surface area contributed by atoms with Crippen molar-refractivity contribution in [1.29, 1.82) is 0 Å². The molecule has 3 aromatic rings. The van der Waals surface area contributed by atoms with Crippen LogP contribution < -0.4 is 10.1 Å². The lowest BCUT2D eigenvalue weighted by atomic mass is 9.92. The predicted octanol–water partition coefficient (Wildman–Crippen LogP) is 6.42. The van der Waals surface area contributed by atoms with Crippen LogP contribution >= 0.6 is 0 Å². The summed E-state index contributed by atoms with van der Waals surface area (Å²) in [6, 6.07) is 21.2. The van der Waals surface area contributed by atoms with Crippen molar-refractivity contribution in [2.45, 2.75) is 59.6 Å². The molecule has 0 aliphatic carbocycles. The Morgan fingerprint density at radius 3 is 2.37 bits per heavy atom. The van der Waals surface area contributed by atoms with Gasteiger partial charge in [-0.1, -0.05) is 67.9 Å². The number of aliphatic carboxylic acids is 1. The van der Waals surface area contributed by atoms with Gasteiger partial charge in [0, 0.05) is 12.0 Å². The second kappa shape index (κ2) is 12.2. The van der Waals surface area contributed by atoms with E-state index >= 15 is 0 Å². The van der Waals surface area contributed by atoms with Crippen molar-refractivity contribution in [3.8, 4) is 5.75 Å². The molecule has 0 aliphatic rings. The number of benzene rings is 3. The maximum atomic E-state index is 13.6. The van der Waals surface area contributed by atoms with E-state index in [9.17, 15) is 14.7 Å². The standard InChI is InChI=1S/C30H35NO4/c1-20(2)16-28(26-14-10-21(3)17-22(26)4)31-30(34)27-18-23(11-12-24(27)13-15-29(32)33)19-35-25-8-6-5-7-9-25/h5-12,14,17-18,20,28H,13,15-16,19H2,1-4H3,(H,31,34)(H,32,33). The van der Waals surface area contributed by atoms with E-state index < -0.39 is 5.97 Å². The van der Waals surface area contributed by atoms with E-state index in [1.54, 1.807) is 0 Å². The van der Waals surface area contributed by atoms with E-state index in [0.717, 1.165) is 34.4 Å². The molecule has 3 rings (SSSR count). The molecule has 184 valence electrons. The summed E-state index contributed by atoms with van der Waals surface area (Å²) in [5, 5.41) is 12.4. The van der Waals surface area contributed by atoms with Crippen LogP contribution in [0.4, 0.5) is 0 Å². The monoisotopic (exact) mass is 473 g/mol. The van der Waals surface area contributed by atoms with Crippen LogP contribution in [-0.2, 0) is 17.8 Å². The lowest BCUT2D eigenvalue weighted by Crippen LogP contribution is -2.31. The van der Waals surface area contributed by atoms with Crippen molar-refractivity contribution < 1.29 is 19.4 Å². The Morgan fingerprint density at radius 1 is 0.971 bits per heavy atom. The smallest absolute Gasteiger partial charge is 0.303 e. The zero-order valence-corrected chi connectivity index (χ0v) is 21.0. The van der Waals surface area contributed by atoms with E-state index in [-0.39, 0.29) is 24.8 Å². The fourth-order valence-electron chi connectivity index (χ4n) is 4.26. The van der Waals surface area contributed by atoms with E-state index in [2.05, 4.69) is 51.2 Å². The first-order valence-corrected chi connectivity index (χ1v) is 12.1. The first kappa shape index (κ1) is 26.0. The lowest BCUT2D eigenvalue weighted by molar-refractivity contribution is -0.136. The average molecular weight is 474 g/mol. The third kappa shape index (κ3) is 7.71. The predicted molar refractivity (Wildman–Crippen MR) is 139 cm³/mol. The zero-order valence-electron chi connectivity index (χ0n) is 21.0. The highest BCUT2D eigenvalue weighted by Crippen LogP contribution is 2.26. The SMILES string of the molecule is Cc1ccc(C(CC(C)C)NC(=O)c2cc(COc3ccccc3)ccc2CCC(=O)O)c(C)c1. The molecule has 35 heavy (non-hydrogen) atoms. The molecule has 1 atom stereocenters. The zero-order chi connectivity index (χ0) is 25.4. The molecule has 0 fully saturated rings. The van der Waals surface area contributed by atoms with Crippen LogP contribution in [-0.4, -0.2) is 17.0 Å². The summed E-state index contributed by atoms with van der Waals surface area (Å²) in [4.78, 5) is 24.8. The molecule has 2 N–H and O–H groups in total. The van der Waals surface area contributed by atoms with Gasteiger partial charge in [-0.05, 0) is 73.1 Å². The van der Waals surface area contributed by atoms with Crippen molar-refractivity contribution >= 4 is 11.9 Å². The molecule has 0 bridgehead atoms. The molecule has 0 saturated carbocycles. The van der Waals surface area contributed by atoms with Gasteiger partial charge in [0.05, 0.1) is 6.04 Å². The van der Waals surface area contributed by atoms with Gasteiger partial charge in [0.15, 0.2) is 0 Å². The van der Waals surface area contributed by atoms with Crippen LogP contribution in [0, 0.1) is 19.8 Å². The van der Waals surface area contributed by atoms with Gasteiger partial charge in [0.2, 0.25) is 0 Å². The Bertz CT molecular complexity index is 1150. The molecule has 0 heterocycles. The van der Waals surface area contributed by atoms with Crippen molar-refractivity contribution in [2.75, 3.05) is 0 Å². The molecular weight excluding hydrogens is 438 g/mol. The molecule has 5 nitrogen and oxygen atoms in total. The van der Waals surface area contributed by atoms with Crippen LogP contribution in [0.3, 0.4) is 0 Å². The number of carboxylic acids is 1. The quantitative estimate of drug-likeness (QED) is 0.337. The Kier molecular flexibility index (Phi) is 9.07. The van der Waals surface area contributed by atoms with Gasteiger partial charge < -0.3 is 15.2 Å². The summed E-state index contributed by atoms with van der Waals surface area (Å²) < 4.78 is 5.87. The average Bonchev–Trinajstić information content (AvgIpc) is 2.81. The minimum Gasteiger partial charge on any atom is -0.489 e. The largest absolute Gasteiger partial charge is 0.489 e. The van der Waals surface area contributed by atoms with Crippen LogP contribution in [0.15, 0.2) is 66.7 Å². The normalized spacial score (nSPS) is 11.8. The molecular formula is C30H35NO4. The van der Waals surface area contributed by atoms with Crippen LogP contribution in [0.2, 0.25) is 0 Å². The maximum Gasteiger partial charge on any atom is 0.303 e. The Morgan fingerprint density at radius 2 is 1.71 bits per heavy atom. The third-order valence-electron chi connectivity index (χ3n) is 5.99. The lowest BCUT2D eigenvalue weighted by Gasteiger charge is -2.24. The molecule has 0 radical (unpaired) electrons. The number of para-hydroxylation sites is 1. The Balaban J connectivity index is 1.88. The first-order valence-electron chi connectivity index (χ1n) is 12.1. The minimum atomic E-state index is -0.888. The van der Waals surface area contributed by atoms with Gasteiger partial charge in [-0.2, -0.15) is 0 Å². The second-order valence-corrected chi connectivity index (χ2v) is 9.50. The van der Waals surface area contributed by atoms with E-state index in [1.165, 1.54) is 5.56 Å². The number of amides is 1. The molecule has 5 heteroatoms. The van der Waals surface area contributed by atoms with Gasteiger partial charge in [-0.25, -0.2) is 0 Å². The summed E-state index contributed by atoms with van der Waals surface area (Å²) in [6.07, 6.45) is 1.06. The number of aryl methyl sites for hydroxylation is 3. The fourth-order valence-corrected chi connectivity index (χ4v) is 4.26. The second-order valence-electron chi connectivity index (χ2n) is 9.50. The summed E-state index contributed by atoms with van der Waals surface area (Å²) in [5.41, 5.74) is 5.50. The van der Waals surface area contributed by atoms with Gasteiger partial charge in [0.1, 0.15) is 12.4 Å². The molecule has 0 aliphatic heterocycles. The molecule has 0 aromatic heterocycles. The number of carbonyl (C=O) groups is 2. The topological polar surface area (TPSA) is 75.6 Å². The fraction of sp³-hybridized carbons (Fsp3) is 0.333. The minimum absolute atomic E-state index is 0.0351. The number of carboxylic acid groups (broad SMARTS) is 1. The summed E-state index contributed by atoms with van der Waals surface area (Å²) in [5.74, 6) is 0.0526. The Labute approximate surface area is 208 Å². The van der Waals surface area contributed by atoms with E-state index in [0.29, 0.717) is 18.1 Å². The first-order chi connectivity index (χ1) is 16.7. The number of hydrogen-bond acceptors (Lipinski definition) is 3. The van der Waals surface area contributed by atoms with Gasteiger partial charge in [-0.3, -0.25) is 9.59 Å². The summed E-state index contributed by atoms with van der Waals surface area (Å²) in [6.45, 7) is 8.73. The molecule has 1 amide bonds. The van der Waals surface area contributed by atoms with Crippen molar-refractivity contribution in [1.82, 2.24) is 5.32 Å². The van der Waals surface area contributed by atoms with E-state index in [1.807, 2.05) is 48.5 Å². The third-order valence-corrected chi connectivity index (χ3v) is 5.99. The van der Waals surface area contributed by atoms with Crippen molar-refractivity contribution in [3.63, 3.8) is 0 Å². The summed E-state index contributed by atoms with van der Waals surface area (Å²) in [7, 11) is 0. The van der Waals surface area contributed by atoms with Crippen molar-refractivity contribution in [2.24, 2.45) is 5.92 Å². The molecule has 0 spiro atoms. The number of ether oxygens (including phenoxy) is 1. The highest BCUT2D eigenvalue weighted by atomic mass is 16.5. The number of hydrogen-bond donors (Lipinski definition) is 2. The van der Waals surface area contributed by atoms with Gasteiger partial charge in [0.25, 0.3) is 5.91 Å². The van der Waals surface area contributed by atoms with Crippen LogP contribution in [0.5, 0.6) is 5.75 Å². The number of rotatable bonds is 11. The van der Waals surface area contributed by atoms with Gasteiger partial charge >= 0.3 is 5.97 Å². The summed E-state index contributed by atoms with van der Waals surface area (Å²) >= 11 is 0. The van der Waals surface area contributed by atoms with E-state index in [4.69, 9.17) is 4.74 Å². The number of carbonyl (C=O) groups excluding carboxylic acids is 1. The number of nitrogens with one attached hydrogen (secondary N) is 1. The van der Waals surface area contributed by atoms with Crippen LogP contribution in [0.25, 0.3) is 0 Å².